The molecular weight excluding hydrogens is 895 g/mol. The van der Waals surface area contributed by atoms with Crippen LogP contribution in [0.4, 0.5) is 16.2 Å². The molecule has 18 nitrogen and oxygen atoms in total. The molecule has 0 radical (unpaired) electrons. The van der Waals surface area contributed by atoms with Crippen LogP contribution in [-0.2, 0) is 54.9 Å². The Labute approximate surface area is 394 Å². The van der Waals surface area contributed by atoms with Crippen LogP contribution < -0.4 is 9.64 Å². The van der Waals surface area contributed by atoms with Gasteiger partial charge in [-0.1, -0.05) is 90.7 Å². The van der Waals surface area contributed by atoms with E-state index in [1.165, 1.54) is 42.5 Å². The first-order valence-electron chi connectivity index (χ1n) is 21.5. The van der Waals surface area contributed by atoms with Gasteiger partial charge >= 0.3 is 30.0 Å². The first-order valence-corrected chi connectivity index (χ1v) is 21.5. The number of fused-ring (bicyclic) bond motifs is 3. The summed E-state index contributed by atoms with van der Waals surface area (Å²) in [5.41, 5.74) is -0.970. The number of cyclic esters (lactones) is 1. The van der Waals surface area contributed by atoms with E-state index < -0.39 is 95.5 Å². The van der Waals surface area contributed by atoms with Crippen LogP contribution in [0.1, 0.15) is 58.0 Å². The molecule has 8 rings (SSSR count). The number of morpholine rings is 1. The number of benzene rings is 5. The zero-order chi connectivity index (χ0) is 49.0. The molecule has 0 aromatic heterocycles. The fourth-order valence-corrected chi connectivity index (χ4v) is 9.64. The Kier molecular flexibility index (Phi) is 13.5. The van der Waals surface area contributed by atoms with Crippen molar-refractivity contribution in [3.8, 4) is 17.6 Å². The van der Waals surface area contributed by atoms with Crippen molar-refractivity contribution in [3.05, 3.63) is 171 Å². The van der Waals surface area contributed by atoms with Gasteiger partial charge in [0.1, 0.15) is 42.4 Å². The number of aliphatic carboxylic acids is 1. The summed E-state index contributed by atoms with van der Waals surface area (Å²) in [6, 6.07) is 29.4. The third-order valence-corrected chi connectivity index (χ3v) is 12.5. The lowest BCUT2D eigenvalue weighted by Gasteiger charge is -2.46. The average Bonchev–Trinajstić information content (AvgIpc) is 3.82. The predicted octanol–water partition coefficient (Wildman–Crippen LogP) is 5.76. The summed E-state index contributed by atoms with van der Waals surface area (Å²) in [5.74, 6) is -3.08. The standard InChI is InChI=1S/C51H43N3O15/c1-65-46(58)36(47(59)66-2)18-11-12-30-22-25-38-37(28-30)51(49(61)52(38)50(62)68-29-31-20-23-34(24-21-31)54(63)64)40(45(56)57)42-48(60)69-43(33-15-7-4-8-16-33)41(32-13-5-3-6-14-32)53(42)44(51)35-17-9-10-19-39(35)67-27-26-55/h3-10,13-17,19-25,28,36,40-44,55H,18,26-27,29H2,1-2H3,(H,56,57)/t40-,41-,42-,43+,44+,51-/m1/s1. The Balaban J connectivity index is 1.39. The molecule has 3 heterocycles. The van der Waals surface area contributed by atoms with Crippen molar-refractivity contribution in [1.29, 1.82) is 0 Å². The Morgan fingerprint density at radius 2 is 1.48 bits per heavy atom. The molecule has 0 bridgehead atoms. The number of aliphatic hydroxyl groups excluding tert-OH is 1. The summed E-state index contributed by atoms with van der Waals surface area (Å²) in [6.07, 6.45) is -2.68. The minimum absolute atomic E-state index is 0.0521. The van der Waals surface area contributed by atoms with Gasteiger partial charge in [0.2, 0.25) is 5.91 Å². The van der Waals surface area contributed by atoms with Gasteiger partial charge in [0.25, 0.3) is 5.69 Å². The van der Waals surface area contributed by atoms with E-state index in [0.29, 0.717) is 21.6 Å². The number of methoxy groups -OCH3 is 2. The summed E-state index contributed by atoms with van der Waals surface area (Å²) in [7, 11) is 2.20. The van der Waals surface area contributed by atoms with E-state index in [4.69, 9.17) is 23.7 Å². The van der Waals surface area contributed by atoms with Gasteiger partial charge in [-0.25, -0.2) is 9.69 Å². The fraction of sp³-hybridized carbons (Fsp3) is 0.255. The lowest BCUT2D eigenvalue weighted by atomic mass is 9.65. The second-order valence-corrected chi connectivity index (χ2v) is 16.2. The van der Waals surface area contributed by atoms with E-state index in [-0.39, 0.29) is 46.8 Å². The van der Waals surface area contributed by atoms with Crippen molar-refractivity contribution in [1.82, 2.24) is 4.90 Å². The van der Waals surface area contributed by atoms with E-state index in [1.807, 2.05) is 0 Å². The van der Waals surface area contributed by atoms with Gasteiger partial charge in [0.05, 0.1) is 43.5 Å². The molecule has 5 aromatic carbocycles. The minimum Gasteiger partial charge on any atom is -0.491 e. The second-order valence-electron chi connectivity index (χ2n) is 16.2. The third kappa shape index (κ3) is 8.49. The predicted molar refractivity (Wildman–Crippen MR) is 241 cm³/mol. The number of nitro benzene ring substituents is 1. The van der Waals surface area contributed by atoms with Gasteiger partial charge in [-0.05, 0) is 58.7 Å². The molecular formula is C51H43N3O15. The molecule has 0 aliphatic carbocycles. The van der Waals surface area contributed by atoms with E-state index in [2.05, 4.69) is 11.8 Å². The molecule has 0 unspecified atom stereocenters. The summed E-state index contributed by atoms with van der Waals surface area (Å²) < 4.78 is 27.7. The number of nitro groups is 1. The van der Waals surface area contributed by atoms with Crippen LogP contribution in [0.5, 0.6) is 5.75 Å². The lowest BCUT2D eigenvalue weighted by molar-refractivity contribution is -0.384. The first-order chi connectivity index (χ1) is 33.4. The molecule has 352 valence electrons. The summed E-state index contributed by atoms with van der Waals surface area (Å²) in [4.78, 5) is 98.3. The summed E-state index contributed by atoms with van der Waals surface area (Å²) in [6.45, 7) is -1.11. The van der Waals surface area contributed by atoms with Gasteiger partial charge in [0, 0.05) is 29.7 Å². The van der Waals surface area contributed by atoms with E-state index in [9.17, 15) is 44.3 Å². The number of carboxylic acid groups (broad SMARTS) is 1. The number of para-hydroxylation sites is 1. The SMILES string of the molecule is COC(=O)C(CC#Cc1ccc2c(c1)[C@]1(C(=O)N2C(=O)OCc2ccc([N+](=O)[O-])cc2)[C@H](c2ccccc2OCCO)N2[C@H](c3ccccc3)[C@H](c3ccccc3)OC(=O)[C@H]2[C@@H]1C(=O)O)C(=O)OC. The topological polar surface area (TPSA) is 239 Å². The zero-order valence-electron chi connectivity index (χ0n) is 37.0. The molecule has 69 heavy (non-hydrogen) atoms. The molecule has 2 amide bonds. The maximum absolute atomic E-state index is 16.1. The Morgan fingerprint density at radius 1 is 0.841 bits per heavy atom. The molecule has 6 atom stereocenters. The number of aliphatic hydroxyl groups is 1. The van der Waals surface area contributed by atoms with Crippen LogP contribution in [-0.4, -0.2) is 89.4 Å². The molecule has 3 aliphatic rings. The van der Waals surface area contributed by atoms with Crippen LogP contribution in [0.3, 0.4) is 0 Å². The van der Waals surface area contributed by atoms with E-state index in [1.54, 1.807) is 89.8 Å². The maximum atomic E-state index is 16.1. The lowest BCUT2D eigenvalue weighted by Crippen LogP contribution is -2.53. The number of ether oxygens (including phenoxy) is 5. The van der Waals surface area contributed by atoms with Crippen molar-refractivity contribution in [2.75, 3.05) is 32.3 Å². The highest BCUT2D eigenvalue weighted by Gasteiger charge is 2.76. The number of carboxylic acids is 1. The van der Waals surface area contributed by atoms with Crippen LogP contribution in [0.2, 0.25) is 0 Å². The van der Waals surface area contributed by atoms with Gasteiger partial charge in [0.15, 0.2) is 5.92 Å². The Bertz CT molecular complexity index is 2870. The van der Waals surface area contributed by atoms with Crippen LogP contribution in [0, 0.1) is 33.8 Å². The Morgan fingerprint density at radius 3 is 2.10 bits per heavy atom. The Hall–Kier alpha value is -8.40. The maximum Gasteiger partial charge on any atom is 0.421 e. The van der Waals surface area contributed by atoms with Gasteiger partial charge < -0.3 is 33.9 Å². The average molecular weight is 938 g/mol. The monoisotopic (exact) mass is 937 g/mol. The number of carbonyl (C=O) groups is 6. The molecule has 2 N–H and O–H groups in total. The summed E-state index contributed by atoms with van der Waals surface area (Å²) >= 11 is 0. The molecule has 1 spiro atoms. The van der Waals surface area contributed by atoms with Gasteiger partial charge in [-0.3, -0.25) is 39.0 Å². The highest BCUT2D eigenvalue weighted by atomic mass is 16.6. The number of amides is 2. The minimum atomic E-state index is -2.42. The van der Waals surface area contributed by atoms with Gasteiger partial charge in [-0.2, -0.15) is 0 Å². The molecule has 2 saturated heterocycles. The fourth-order valence-electron chi connectivity index (χ4n) is 9.64. The number of rotatable bonds is 13. The van der Waals surface area contributed by atoms with Crippen LogP contribution in [0.15, 0.2) is 127 Å². The van der Waals surface area contributed by atoms with Crippen molar-refractivity contribution in [2.24, 2.45) is 11.8 Å². The number of non-ortho nitro benzene ring substituents is 1. The normalized spacial score (nSPS) is 21.3. The molecule has 0 saturated carbocycles. The highest BCUT2D eigenvalue weighted by Crippen LogP contribution is 2.66. The highest BCUT2D eigenvalue weighted by molar-refractivity contribution is 6.23. The molecule has 5 aromatic rings. The van der Waals surface area contributed by atoms with E-state index >= 15 is 4.79 Å². The number of nitrogens with zero attached hydrogens (tertiary/aromatic N) is 3. The second kappa shape index (κ2) is 19.8. The van der Waals surface area contributed by atoms with Crippen molar-refractivity contribution < 1.29 is 67.6 Å². The van der Waals surface area contributed by atoms with Crippen LogP contribution >= 0.6 is 0 Å². The number of anilines is 1. The van der Waals surface area contributed by atoms with Crippen LogP contribution in [0.25, 0.3) is 0 Å². The first kappa shape index (κ1) is 47.1. The summed E-state index contributed by atoms with van der Waals surface area (Å²) in [5, 5.41) is 33.0. The van der Waals surface area contributed by atoms with Gasteiger partial charge in [-0.15, -0.1) is 0 Å². The van der Waals surface area contributed by atoms with Crippen molar-refractivity contribution >= 4 is 47.3 Å². The number of imide groups is 1. The number of carbonyl (C=O) groups excluding carboxylic acids is 5. The molecule has 2 fully saturated rings. The largest absolute Gasteiger partial charge is 0.491 e. The molecule has 18 heteroatoms. The van der Waals surface area contributed by atoms with E-state index in [0.717, 1.165) is 14.2 Å². The third-order valence-electron chi connectivity index (χ3n) is 12.5. The zero-order valence-corrected chi connectivity index (χ0v) is 37.0. The smallest absolute Gasteiger partial charge is 0.421 e. The quantitative estimate of drug-likeness (QED) is 0.0356. The number of hydrogen-bond acceptors (Lipinski definition) is 15. The number of hydrogen-bond donors (Lipinski definition) is 2. The van der Waals surface area contributed by atoms with Crippen molar-refractivity contribution in [2.45, 2.75) is 42.7 Å². The number of esters is 3. The van der Waals surface area contributed by atoms with Crippen molar-refractivity contribution in [3.63, 3.8) is 0 Å². The molecule has 3 aliphatic heterocycles.